The summed E-state index contributed by atoms with van der Waals surface area (Å²) < 4.78 is 38.6. The first-order chi connectivity index (χ1) is 12.4. The van der Waals surface area contributed by atoms with Gasteiger partial charge in [-0.05, 0) is 49.8 Å². The third-order valence-electron chi connectivity index (χ3n) is 4.51. The Morgan fingerprint density at radius 1 is 0.963 bits per heavy atom. The van der Waals surface area contributed by atoms with E-state index in [2.05, 4.69) is 26.0 Å². The van der Waals surface area contributed by atoms with Crippen molar-refractivity contribution in [1.82, 2.24) is 0 Å². The van der Waals surface area contributed by atoms with Crippen molar-refractivity contribution < 1.29 is 47.3 Å². The number of benzene rings is 1. The third-order valence-corrected chi connectivity index (χ3v) is 5.39. The van der Waals surface area contributed by atoms with Gasteiger partial charge in [0.2, 0.25) is 0 Å². The van der Waals surface area contributed by atoms with Crippen LogP contribution in [0.4, 0.5) is 0 Å². The van der Waals surface area contributed by atoms with Crippen LogP contribution < -0.4 is 34.3 Å². The van der Waals surface area contributed by atoms with Gasteiger partial charge in [0.25, 0.3) is 0 Å². The van der Waals surface area contributed by atoms with E-state index in [0.29, 0.717) is 0 Å². The van der Waals surface area contributed by atoms with Crippen LogP contribution in [0.3, 0.4) is 0 Å². The Bertz CT molecular complexity index is 617. The van der Waals surface area contributed by atoms with Crippen LogP contribution in [-0.4, -0.2) is 24.8 Å². The Hall–Kier alpha value is -0.0700. The second-order valence-corrected chi connectivity index (χ2v) is 8.66. The van der Waals surface area contributed by atoms with Gasteiger partial charge in [-0.2, -0.15) is 0 Å². The van der Waals surface area contributed by atoms with Gasteiger partial charge in [-0.1, -0.05) is 64.5 Å². The molecular weight excluding hydrogens is 371 g/mol. The van der Waals surface area contributed by atoms with Crippen LogP contribution in [0.15, 0.2) is 18.2 Å². The molecule has 1 rings (SSSR count). The molecule has 0 aromatic heterocycles. The number of hydrogen-bond donors (Lipinski definition) is 0. The van der Waals surface area contributed by atoms with E-state index >= 15 is 0 Å². The van der Waals surface area contributed by atoms with Crippen molar-refractivity contribution in [3.05, 3.63) is 29.3 Å². The standard InChI is InChI=1S/C21H36O4S.Na/c1-4-6-8-10-12-19-14-15-21(25-18(3)17-26(22,23)24)20(16-19)13-11-9-7-5-2;/h14-16,18H,4-13,17H2,1-3H3,(H,22,23,24);/q;+1/p-1. The molecule has 1 aromatic carbocycles. The van der Waals surface area contributed by atoms with Gasteiger partial charge in [0.05, 0.1) is 15.9 Å². The minimum Gasteiger partial charge on any atom is -0.748 e. The molecule has 0 N–H and O–H groups in total. The molecule has 0 saturated heterocycles. The molecule has 0 spiro atoms. The number of rotatable bonds is 14. The van der Waals surface area contributed by atoms with E-state index in [4.69, 9.17) is 4.74 Å². The Kier molecular flexibility index (Phi) is 14.8. The van der Waals surface area contributed by atoms with Gasteiger partial charge in [0, 0.05) is 0 Å². The van der Waals surface area contributed by atoms with Gasteiger partial charge in [0.1, 0.15) is 11.9 Å². The largest absolute Gasteiger partial charge is 1.00 e. The van der Waals surface area contributed by atoms with Crippen molar-refractivity contribution >= 4 is 10.1 Å². The van der Waals surface area contributed by atoms with Crippen LogP contribution in [0.2, 0.25) is 0 Å². The molecule has 0 amide bonds. The normalized spacial score (nSPS) is 12.4. The fourth-order valence-electron chi connectivity index (χ4n) is 3.13. The molecule has 1 aromatic rings. The van der Waals surface area contributed by atoms with E-state index in [1.54, 1.807) is 6.92 Å². The SMILES string of the molecule is CCCCCCc1ccc(OC(C)CS(=O)(=O)[O-])c(CCCCCC)c1.[Na+]. The van der Waals surface area contributed by atoms with Crippen LogP contribution in [-0.2, 0) is 23.0 Å². The van der Waals surface area contributed by atoms with E-state index in [1.165, 1.54) is 50.5 Å². The van der Waals surface area contributed by atoms with Gasteiger partial charge in [-0.3, -0.25) is 0 Å². The van der Waals surface area contributed by atoms with Crippen LogP contribution in [0.5, 0.6) is 5.75 Å². The average Bonchev–Trinajstić information content (AvgIpc) is 2.56. The van der Waals surface area contributed by atoms with E-state index in [1.807, 2.05) is 6.07 Å². The molecule has 4 nitrogen and oxygen atoms in total. The second-order valence-electron chi connectivity index (χ2n) is 7.22. The van der Waals surface area contributed by atoms with Crippen molar-refractivity contribution in [2.45, 2.75) is 91.1 Å². The van der Waals surface area contributed by atoms with Crippen molar-refractivity contribution in [1.29, 1.82) is 0 Å². The molecule has 27 heavy (non-hydrogen) atoms. The minimum absolute atomic E-state index is 0. The predicted molar refractivity (Wildman–Crippen MR) is 107 cm³/mol. The van der Waals surface area contributed by atoms with Crippen LogP contribution in [0.1, 0.15) is 83.3 Å². The van der Waals surface area contributed by atoms with Crippen LogP contribution in [0.25, 0.3) is 0 Å². The molecule has 0 aliphatic carbocycles. The topological polar surface area (TPSA) is 66.4 Å². The maximum absolute atomic E-state index is 11.0. The molecule has 6 heteroatoms. The molecule has 0 fully saturated rings. The zero-order chi connectivity index (χ0) is 19.4. The third kappa shape index (κ3) is 12.9. The van der Waals surface area contributed by atoms with E-state index in [9.17, 15) is 13.0 Å². The zero-order valence-corrected chi connectivity index (χ0v) is 20.4. The van der Waals surface area contributed by atoms with Crippen molar-refractivity contribution in [2.24, 2.45) is 0 Å². The molecular formula is C21H35NaO4S. The summed E-state index contributed by atoms with van der Waals surface area (Å²) >= 11 is 0. The quantitative estimate of drug-likeness (QED) is 0.270. The van der Waals surface area contributed by atoms with Crippen LogP contribution >= 0.6 is 0 Å². The van der Waals surface area contributed by atoms with Crippen molar-refractivity contribution in [2.75, 3.05) is 5.75 Å². The molecule has 0 radical (unpaired) electrons. The van der Waals surface area contributed by atoms with Gasteiger partial charge in [-0.25, -0.2) is 8.42 Å². The second kappa shape index (κ2) is 14.9. The summed E-state index contributed by atoms with van der Waals surface area (Å²) in [5, 5.41) is 0. The number of aryl methyl sites for hydroxylation is 2. The summed E-state index contributed by atoms with van der Waals surface area (Å²) in [4.78, 5) is 0. The summed E-state index contributed by atoms with van der Waals surface area (Å²) in [6.45, 7) is 6.04. The first-order valence-corrected chi connectivity index (χ1v) is 11.7. The Balaban J connectivity index is 0.00000676. The van der Waals surface area contributed by atoms with Crippen LogP contribution in [0, 0.1) is 0 Å². The minimum atomic E-state index is -4.28. The van der Waals surface area contributed by atoms with Gasteiger partial charge >= 0.3 is 29.6 Å². The molecule has 0 aliphatic rings. The van der Waals surface area contributed by atoms with E-state index in [0.717, 1.165) is 30.6 Å². The maximum Gasteiger partial charge on any atom is 1.00 e. The molecule has 0 bridgehead atoms. The smallest absolute Gasteiger partial charge is 0.748 e. The number of hydrogen-bond acceptors (Lipinski definition) is 4. The average molecular weight is 407 g/mol. The molecule has 1 unspecified atom stereocenters. The summed E-state index contributed by atoms with van der Waals surface area (Å²) in [5.74, 6) is 0.219. The maximum atomic E-state index is 11.0. The monoisotopic (exact) mass is 406 g/mol. The van der Waals surface area contributed by atoms with E-state index < -0.39 is 22.0 Å². The van der Waals surface area contributed by atoms with Gasteiger partial charge in [-0.15, -0.1) is 0 Å². The van der Waals surface area contributed by atoms with Gasteiger partial charge < -0.3 is 9.29 Å². The Labute approximate surface area is 188 Å². The number of unbranched alkanes of at least 4 members (excludes halogenated alkanes) is 6. The zero-order valence-electron chi connectivity index (χ0n) is 17.6. The molecule has 150 valence electrons. The molecule has 0 saturated carbocycles. The fraction of sp³-hybridized carbons (Fsp3) is 0.714. The predicted octanol–water partition coefficient (Wildman–Crippen LogP) is 2.25. The summed E-state index contributed by atoms with van der Waals surface area (Å²) in [5.41, 5.74) is 2.44. The first kappa shape index (κ1) is 26.9. The van der Waals surface area contributed by atoms with Crippen molar-refractivity contribution in [3.8, 4) is 5.75 Å². The molecule has 1 atom stereocenters. The van der Waals surface area contributed by atoms with Gasteiger partial charge in [0.15, 0.2) is 0 Å². The number of ether oxygens (including phenoxy) is 1. The summed E-state index contributed by atoms with van der Waals surface area (Å²) in [7, 11) is -4.28. The van der Waals surface area contributed by atoms with Crippen molar-refractivity contribution in [3.63, 3.8) is 0 Å². The molecule has 0 heterocycles. The van der Waals surface area contributed by atoms with E-state index in [-0.39, 0.29) is 29.6 Å². The Morgan fingerprint density at radius 2 is 1.56 bits per heavy atom. The summed E-state index contributed by atoms with van der Waals surface area (Å²) in [6, 6.07) is 6.21. The molecule has 0 aliphatic heterocycles. The Morgan fingerprint density at radius 3 is 2.11 bits per heavy atom. The summed E-state index contributed by atoms with van der Waals surface area (Å²) in [6.07, 6.45) is 11.0. The fourth-order valence-corrected chi connectivity index (χ4v) is 3.78. The first-order valence-electron chi connectivity index (χ1n) is 10.1.